The molecule has 0 saturated heterocycles. The first-order valence-corrected chi connectivity index (χ1v) is 11.2. The first-order chi connectivity index (χ1) is 15.7. The summed E-state index contributed by atoms with van der Waals surface area (Å²) in [5.74, 6) is -0.332. The van der Waals surface area contributed by atoms with E-state index in [0.717, 1.165) is 53.5 Å². The second-order valence-corrected chi connectivity index (χ2v) is 8.46. The average Bonchev–Trinajstić information content (AvgIpc) is 3.53. The van der Waals surface area contributed by atoms with Crippen molar-refractivity contribution in [3.05, 3.63) is 90.4 Å². The number of hydrogen-bond donors (Lipinski definition) is 1. The van der Waals surface area contributed by atoms with Crippen LogP contribution in [0.15, 0.2) is 79.1 Å². The van der Waals surface area contributed by atoms with Gasteiger partial charge in [-0.2, -0.15) is 0 Å². The molecule has 5 heteroatoms. The second kappa shape index (κ2) is 8.87. The van der Waals surface area contributed by atoms with Gasteiger partial charge in [0.15, 0.2) is 0 Å². The number of rotatable bonds is 7. The van der Waals surface area contributed by atoms with Gasteiger partial charge in [0, 0.05) is 17.8 Å². The molecule has 162 valence electrons. The molecule has 4 aromatic rings. The topological polar surface area (TPSA) is 64.3 Å². The summed E-state index contributed by atoms with van der Waals surface area (Å²) < 4.78 is 8.16. The Morgan fingerprint density at radius 2 is 1.81 bits per heavy atom. The molecule has 2 heterocycles. The van der Waals surface area contributed by atoms with E-state index in [4.69, 9.17) is 9.72 Å². The minimum atomic E-state index is -0.746. The molecular weight excluding hydrogens is 400 g/mol. The monoisotopic (exact) mass is 426 g/mol. The highest BCUT2D eigenvalue weighted by atomic mass is 16.5. The van der Waals surface area contributed by atoms with Crippen LogP contribution in [0.4, 0.5) is 0 Å². The lowest BCUT2D eigenvalue weighted by molar-refractivity contribution is -0.140. The molecule has 1 saturated carbocycles. The molecule has 0 amide bonds. The van der Waals surface area contributed by atoms with Crippen LogP contribution in [0.3, 0.4) is 0 Å². The summed E-state index contributed by atoms with van der Waals surface area (Å²) in [4.78, 5) is 16.8. The van der Waals surface area contributed by atoms with Crippen LogP contribution in [0.2, 0.25) is 0 Å². The van der Waals surface area contributed by atoms with E-state index in [1.165, 1.54) is 0 Å². The van der Waals surface area contributed by atoms with Gasteiger partial charge in [-0.25, -0.2) is 4.98 Å². The van der Waals surface area contributed by atoms with E-state index in [-0.39, 0.29) is 5.92 Å². The number of pyridine rings is 1. The number of fused-ring (bicyclic) bond motifs is 1. The summed E-state index contributed by atoms with van der Waals surface area (Å²) in [6.07, 6.45) is 8.07. The van der Waals surface area contributed by atoms with Gasteiger partial charge in [-0.15, -0.1) is 0 Å². The highest BCUT2D eigenvalue weighted by molar-refractivity contribution is 5.78. The predicted octanol–water partition coefficient (Wildman–Crippen LogP) is 5.96. The Morgan fingerprint density at radius 1 is 1.03 bits per heavy atom. The number of nitrogens with zero attached hydrogens (tertiary/aromatic N) is 2. The molecule has 1 fully saturated rings. The Balaban J connectivity index is 1.45. The maximum Gasteiger partial charge on any atom is 0.311 e. The summed E-state index contributed by atoms with van der Waals surface area (Å²) >= 11 is 0. The minimum Gasteiger partial charge on any atom is -0.485 e. The summed E-state index contributed by atoms with van der Waals surface area (Å²) in [5, 5.41) is 11.1. The zero-order valence-electron chi connectivity index (χ0n) is 17.9. The van der Waals surface area contributed by atoms with Gasteiger partial charge < -0.3 is 14.4 Å². The molecule has 1 aliphatic rings. The Hall–Kier alpha value is -3.60. The third-order valence-electron chi connectivity index (χ3n) is 6.39. The van der Waals surface area contributed by atoms with Crippen LogP contribution in [0.25, 0.3) is 16.6 Å². The number of aliphatic carboxylic acids is 1. The van der Waals surface area contributed by atoms with Gasteiger partial charge in [0.2, 0.25) is 0 Å². The minimum absolute atomic E-state index is 0.193. The normalized spacial score (nSPS) is 15.1. The largest absolute Gasteiger partial charge is 0.485 e. The molecule has 0 bridgehead atoms. The summed E-state index contributed by atoms with van der Waals surface area (Å²) in [6.45, 7) is 0.337. The fourth-order valence-electron chi connectivity index (χ4n) is 4.79. The molecular formula is C27H26N2O3. The fraction of sp³-hybridized carbons (Fsp3) is 0.259. The van der Waals surface area contributed by atoms with Crippen molar-refractivity contribution < 1.29 is 14.6 Å². The number of carboxylic acid groups (broad SMARTS) is 1. The maximum absolute atomic E-state index is 12.1. The van der Waals surface area contributed by atoms with Crippen molar-refractivity contribution in [2.45, 2.75) is 38.2 Å². The number of hydrogen-bond acceptors (Lipinski definition) is 3. The second-order valence-electron chi connectivity index (χ2n) is 8.46. The molecule has 32 heavy (non-hydrogen) atoms. The van der Waals surface area contributed by atoms with Crippen LogP contribution in [0.1, 0.15) is 42.9 Å². The highest BCUT2D eigenvalue weighted by Gasteiger charge is 2.32. The molecule has 2 aromatic heterocycles. The van der Waals surface area contributed by atoms with Crippen LogP contribution >= 0.6 is 0 Å². The van der Waals surface area contributed by atoms with Crippen molar-refractivity contribution >= 4 is 16.9 Å². The SMILES string of the molecule is O=C(O)C(c1ccc(OCc2ccc3ccccc3n2)c(-n2cccc2)c1)C1CCCC1. The molecule has 1 aliphatic carbocycles. The maximum atomic E-state index is 12.1. The number of carbonyl (C=O) groups is 1. The summed E-state index contributed by atoms with van der Waals surface area (Å²) in [7, 11) is 0. The van der Waals surface area contributed by atoms with Crippen LogP contribution in [-0.2, 0) is 11.4 Å². The van der Waals surface area contributed by atoms with E-state index in [0.29, 0.717) is 12.4 Å². The van der Waals surface area contributed by atoms with Gasteiger partial charge in [0.1, 0.15) is 12.4 Å². The van der Waals surface area contributed by atoms with Crippen LogP contribution in [0, 0.1) is 5.92 Å². The van der Waals surface area contributed by atoms with Gasteiger partial charge in [0.25, 0.3) is 0 Å². The predicted molar refractivity (Wildman–Crippen MR) is 124 cm³/mol. The van der Waals surface area contributed by atoms with E-state index in [1.54, 1.807) is 0 Å². The van der Waals surface area contributed by atoms with Crippen molar-refractivity contribution in [1.82, 2.24) is 9.55 Å². The first-order valence-electron chi connectivity index (χ1n) is 11.2. The molecule has 5 nitrogen and oxygen atoms in total. The first kappa shape index (κ1) is 20.3. The van der Waals surface area contributed by atoms with Crippen molar-refractivity contribution in [2.24, 2.45) is 5.92 Å². The fourth-order valence-corrected chi connectivity index (χ4v) is 4.79. The van der Waals surface area contributed by atoms with Crippen molar-refractivity contribution in [2.75, 3.05) is 0 Å². The third kappa shape index (κ3) is 4.11. The van der Waals surface area contributed by atoms with Gasteiger partial charge in [0.05, 0.1) is 22.8 Å². The molecule has 2 aromatic carbocycles. The molecule has 1 unspecified atom stereocenters. The van der Waals surface area contributed by atoms with Gasteiger partial charge >= 0.3 is 5.97 Å². The molecule has 1 N–H and O–H groups in total. The van der Waals surface area contributed by atoms with Crippen molar-refractivity contribution in [1.29, 1.82) is 0 Å². The molecule has 5 rings (SSSR count). The van der Waals surface area contributed by atoms with E-state index < -0.39 is 11.9 Å². The lowest BCUT2D eigenvalue weighted by atomic mass is 9.84. The number of ether oxygens (including phenoxy) is 1. The van der Waals surface area contributed by atoms with Crippen LogP contribution < -0.4 is 4.74 Å². The van der Waals surface area contributed by atoms with E-state index in [1.807, 2.05) is 77.6 Å². The zero-order chi connectivity index (χ0) is 21.9. The lowest BCUT2D eigenvalue weighted by Gasteiger charge is -2.21. The third-order valence-corrected chi connectivity index (χ3v) is 6.39. The number of para-hydroxylation sites is 1. The highest BCUT2D eigenvalue weighted by Crippen LogP contribution is 2.39. The molecule has 0 aliphatic heterocycles. The van der Waals surface area contributed by atoms with Gasteiger partial charge in [-0.05, 0) is 60.7 Å². The molecule has 0 radical (unpaired) electrons. The standard InChI is InChI=1S/C27H26N2O3/c30-27(31)26(20-8-1-2-9-20)21-12-14-25(24(17-21)29-15-5-6-16-29)32-18-22-13-11-19-7-3-4-10-23(19)28-22/h3-7,10-17,20,26H,1-2,8-9,18H2,(H,30,31). The number of aromatic nitrogens is 2. The zero-order valence-corrected chi connectivity index (χ0v) is 17.9. The van der Waals surface area contributed by atoms with Crippen LogP contribution in [0.5, 0.6) is 5.75 Å². The Kier molecular flexibility index (Phi) is 5.63. The van der Waals surface area contributed by atoms with E-state index >= 15 is 0 Å². The van der Waals surface area contributed by atoms with Gasteiger partial charge in [-0.3, -0.25) is 4.79 Å². The summed E-state index contributed by atoms with van der Waals surface area (Å²) in [5.41, 5.74) is 3.47. The smallest absolute Gasteiger partial charge is 0.311 e. The van der Waals surface area contributed by atoms with Crippen LogP contribution in [-0.4, -0.2) is 20.6 Å². The number of carboxylic acids is 1. The van der Waals surface area contributed by atoms with E-state index in [9.17, 15) is 9.90 Å². The summed E-state index contributed by atoms with van der Waals surface area (Å²) in [6, 6.07) is 21.7. The van der Waals surface area contributed by atoms with Gasteiger partial charge in [-0.1, -0.05) is 43.2 Å². The van der Waals surface area contributed by atoms with Crippen molar-refractivity contribution in [3.63, 3.8) is 0 Å². The Bertz CT molecular complexity index is 1230. The number of benzene rings is 2. The van der Waals surface area contributed by atoms with Crippen molar-refractivity contribution in [3.8, 4) is 11.4 Å². The quantitative estimate of drug-likeness (QED) is 0.396. The lowest BCUT2D eigenvalue weighted by Crippen LogP contribution is -2.20. The average molecular weight is 427 g/mol. The van der Waals surface area contributed by atoms with E-state index in [2.05, 4.69) is 6.07 Å². The molecule has 0 spiro atoms. The Labute approximate surface area is 187 Å². The molecule has 1 atom stereocenters. The Morgan fingerprint density at radius 3 is 2.59 bits per heavy atom.